The fraction of sp³-hybridized carbons (Fsp3) is 0.333. The van der Waals surface area contributed by atoms with Crippen molar-refractivity contribution in [1.29, 1.82) is 0 Å². The molecular formula is C18H24N2O4. The van der Waals surface area contributed by atoms with Crippen LogP contribution >= 0.6 is 0 Å². The maximum absolute atomic E-state index is 5.96. The van der Waals surface area contributed by atoms with Crippen molar-refractivity contribution in [1.82, 2.24) is 0 Å². The van der Waals surface area contributed by atoms with Gasteiger partial charge in [0, 0.05) is 14.2 Å². The van der Waals surface area contributed by atoms with Crippen LogP contribution in [0.3, 0.4) is 0 Å². The zero-order valence-electron chi connectivity index (χ0n) is 14.1. The molecule has 0 fully saturated rings. The molecule has 0 aliphatic heterocycles. The Morgan fingerprint density at radius 3 is 1.46 bits per heavy atom. The molecule has 6 nitrogen and oxygen atoms in total. The Labute approximate surface area is 142 Å². The van der Waals surface area contributed by atoms with Gasteiger partial charge in [0.1, 0.15) is 24.7 Å². The number of nitrogen functional groups attached to an aromatic ring is 2. The Hall–Kier alpha value is -2.44. The first-order valence-electron chi connectivity index (χ1n) is 7.68. The molecule has 0 unspecified atom stereocenters. The second-order valence-corrected chi connectivity index (χ2v) is 5.19. The second kappa shape index (κ2) is 9.00. The van der Waals surface area contributed by atoms with Gasteiger partial charge in [-0.25, -0.2) is 0 Å². The number of hydrogen-bond donors (Lipinski definition) is 2. The number of benzene rings is 2. The number of anilines is 2. The van der Waals surface area contributed by atoms with Crippen molar-refractivity contribution in [2.24, 2.45) is 0 Å². The van der Waals surface area contributed by atoms with E-state index in [1.165, 1.54) is 0 Å². The highest BCUT2D eigenvalue weighted by atomic mass is 16.5. The molecule has 130 valence electrons. The van der Waals surface area contributed by atoms with Crippen LogP contribution in [0.25, 0.3) is 11.1 Å². The predicted octanol–water partition coefficient (Wildman–Crippen LogP) is 2.57. The van der Waals surface area contributed by atoms with Gasteiger partial charge in [-0.05, 0) is 35.4 Å². The molecular weight excluding hydrogens is 308 g/mol. The molecule has 0 heterocycles. The minimum atomic E-state index is 0.442. The maximum atomic E-state index is 5.96. The molecule has 0 spiro atoms. The lowest BCUT2D eigenvalue weighted by atomic mass is 10.0. The quantitative estimate of drug-likeness (QED) is 0.542. The lowest BCUT2D eigenvalue weighted by molar-refractivity contribution is 0.146. The molecule has 0 saturated carbocycles. The Balaban J connectivity index is 2.21. The van der Waals surface area contributed by atoms with Crippen molar-refractivity contribution in [2.75, 3.05) is 52.1 Å². The van der Waals surface area contributed by atoms with Gasteiger partial charge in [-0.3, -0.25) is 0 Å². The SMILES string of the molecule is COCCOc1cc(-c2ccc(N)c(OCCOC)c2)ccc1N. The van der Waals surface area contributed by atoms with E-state index in [1.807, 2.05) is 36.4 Å². The molecule has 24 heavy (non-hydrogen) atoms. The average molecular weight is 332 g/mol. The third-order valence-corrected chi connectivity index (χ3v) is 3.45. The highest BCUT2D eigenvalue weighted by Crippen LogP contribution is 2.33. The normalized spacial score (nSPS) is 10.6. The van der Waals surface area contributed by atoms with Gasteiger partial charge in [-0.2, -0.15) is 0 Å². The van der Waals surface area contributed by atoms with E-state index < -0.39 is 0 Å². The van der Waals surface area contributed by atoms with Crippen LogP contribution in [0.5, 0.6) is 11.5 Å². The number of hydrogen-bond acceptors (Lipinski definition) is 6. The monoisotopic (exact) mass is 332 g/mol. The van der Waals surface area contributed by atoms with Crippen LogP contribution < -0.4 is 20.9 Å². The van der Waals surface area contributed by atoms with Crippen LogP contribution in [0.15, 0.2) is 36.4 Å². The van der Waals surface area contributed by atoms with Crippen LogP contribution in [-0.4, -0.2) is 40.6 Å². The summed E-state index contributed by atoms with van der Waals surface area (Å²) in [5.41, 5.74) is 15.0. The Morgan fingerprint density at radius 1 is 0.667 bits per heavy atom. The second-order valence-electron chi connectivity index (χ2n) is 5.19. The summed E-state index contributed by atoms with van der Waals surface area (Å²) in [4.78, 5) is 0. The van der Waals surface area contributed by atoms with E-state index in [2.05, 4.69) is 0 Å². The topological polar surface area (TPSA) is 89.0 Å². The molecule has 0 aromatic heterocycles. The maximum Gasteiger partial charge on any atom is 0.142 e. The van der Waals surface area contributed by atoms with Gasteiger partial charge in [0.05, 0.1) is 24.6 Å². The van der Waals surface area contributed by atoms with Gasteiger partial charge in [0.25, 0.3) is 0 Å². The van der Waals surface area contributed by atoms with Crippen molar-refractivity contribution in [3.05, 3.63) is 36.4 Å². The van der Waals surface area contributed by atoms with Crippen molar-refractivity contribution in [3.8, 4) is 22.6 Å². The summed E-state index contributed by atoms with van der Waals surface area (Å²) >= 11 is 0. The fourth-order valence-corrected chi connectivity index (χ4v) is 2.15. The summed E-state index contributed by atoms with van der Waals surface area (Å²) in [5, 5.41) is 0. The van der Waals surface area contributed by atoms with Gasteiger partial charge in [0.2, 0.25) is 0 Å². The molecule has 0 bridgehead atoms. The van der Waals surface area contributed by atoms with E-state index in [0.717, 1.165) is 11.1 Å². The standard InChI is InChI=1S/C18H24N2O4/c1-21-7-9-23-17-11-13(3-5-15(17)19)14-4-6-16(20)18(12-14)24-10-8-22-2/h3-6,11-12H,7-10,19-20H2,1-2H3. The van der Waals surface area contributed by atoms with Crippen molar-refractivity contribution in [2.45, 2.75) is 0 Å². The molecule has 4 N–H and O–H groups in total. The highest BCUT2D eigenvalue weighted by Gasteiger charge is 2.08. The minimum Gasteiger partial charge on any atom is -0.489 e. The van der Waals surface area contributed by atoms with Crippen LogP contribution in [0.2, 0.25) is 0 Å². The van der Waals surface area contributed by atoms with E-state index in [-0.39, 0.29) is 0 Å². The first-order chi connectivity index (χ1) is 11.7. The molecule has 2 aromatic rings. The lowest BCUT2D eigenvalue weighted by Gasteiger charge is -2.13. The highest BCUT2D eigenvalue weighted by molar-refractivity contribution is 5.73. The Kier molecular flexibility index (Phi) is 6.72. The molecule has 0 aliphatic rings. The van der Waals surface area contributed by atoms with Crippen LogP contribution in [0.4, 0.5) is 11.4 Å². The molecule has 6 heteroatoms. The number of rotatable bonds is 9. The number of nitrogens with two attached hydrogens (primary N) is 2. The summed E-state index contributed by atoms with van der Waals surface area (Å²) in [6.45, 7) is 1.89. The molecule has 0 amide bonds. The van der Waals surface area contributed by atoms with Crippen LogP contribution in [0, 0.1) is 0 Å². The molecule has 0 atom stereocenters. The van der Waals surface area contributed by atoms with Crippen molar-refractivity contribution in [3.63, 3.8) is 0 Å². The Morgan fingerprint density at radius 2 is 1.08 bits per heavy atom. The smallest absolute Gasteiger partial charge is 0.142 e. The van der Waals surface area contributed by atoms with E-state index in [1.54, 1.807) is 14.2 Å². The summed E-state index contributed by atoms with van der Waals surface area (Å²) in [6.07, 6.45) is 0. The predicted molar refractivity (Wildman–Crippen MR) is 95.4 cm³/mol. The lowest BCUT2D eigenvalue weighted by Crippen LogP contribution is -2.06. The molecule has 2 aromatic carbocycles. The molecule has 2 rings (SSSR count). The largest absolute Gasteiger partial charge is 0.489 e. The zero-order chi connectivity index (χ0) is 17.4. The van der Waals surface area contributed by atoms with Gasteiger partial charge < -0.3 is 30.4 Å². The van der Waals surface area contributed by atoms with Crippen molar-refractivity contribution >= 4 is 11.4 Å². The molecule has 0 aliphatic carbocycles. The fourth-order valence-electron chi connectivity index (χ4n) is 2.15. The first kappa shape index (κ1) is 17.9. The number of ether oxygens (including phenoxy) is 4. The summed E-state index contributed by atoms with van der Waals surface area (Å²) in [7, 11) is 3.26. The van der Waals surface area contributed by atoms with Crippen molar-refractivity contribution < 1.29 is 18.9 Å². The zero-order valence-corrected chi connectivity index (χ0v) is 14.1. The van der Waals surface area contributed by atoms with Gasteiger partial charge in [0.15, 0.2) is 0 Å². The van der Waals surface area contributed by atoms with E-state index in [9.17, 15) is 0 Å². The summed E-state index contributed by atoms with van der Waals surface area (Å²) in [6, 6.07) is 11.3. The summed E-state index contributed by atoms with van der Waals surface area (Å²) < 4.78 is 21.3. The average Bonchev–Trinajstić information content (AvgIpc) is 2.59. The van der Waals surface area contributed by atoms with E-state index in [0.29, 0.717) is 49.3 Å². The van der Waals surface area contributed by atoms with Crippen LogP contribution in [-0.2, 0) is 9.47 Å². The minimum absolute atomic E-state index is 0.442. The van der Waals surface area contributed by atoms with Crippen LogP contribution in [0.1, 0.15) is 0 Å². The third-order valence-electron chi connectivity index (χ3n) is 3.45. The van der Waals surface area contributed by atoms with E-state index >= 15 is 0 Å². The van der Waals surface area contributed by atoms with Gasteiger partial charge in [-0.1, -0.05) is 12.1 Å². The summed E-state index contributed by atoms with van der Waals surface area (Å²) in [5.74, 6) is 1.26. The van der Waals surface area contributed by atoms with Gasteiger partial charge >= 0.3 is 0 Å². The van der Waals surface area contributed by atoms with Gasteiger partial charge in [-0.15, -0.1) is 0 Å². The number of methoxy groups -OCH3 is 2. The Bertz CT molecular complexity index is 604. The first-order valence-corrected chi connectivity index (χ1v) is 7.68. The van der Waals surface area contributed by atoms with E-state index in [4.69, 9.17) is 30.4 Å². The third kappa shape index (κ3) is 4.78. The molecule has 0 radical (unpaired) electrons. The molecule has 0 saturated heterocycles.